The Morgan fingerprint density at radius 3 is 2.43 bits per heavy atom. The van der Waals surface area contributed by atoms with E-state index in [4.69, 9.17) is 4.74 Å². The molecule has 1 fully saturated rings. The SMILES string of the molecule is CN=C(NCCCCOc1ccccc1)N1CCN(c2ncccn2)CC1.I. The standard InChI is InChI=1S/C20H28N6O.HI/c1-21-19(22-10-5-6-17-27-18-8-3-2-4-9-18)25-13-15-26(16-14-25)20-23-11-7-12-24-20;/h2-4,7-9,11-12H,5-6,10,13-17H2,1H3,(H,21,22);1H. The molecule has 3 rings (SSSR count). The number of piperazine rings is 1. The van der Waals surface area contributed by atoms with Crippen molar-refractivity contribution < 1.29 is 4.74 Å². The van der Waals surface area contributed by atoms with Crippen LogP contribution >= 0.6 is 24.0 Å². The van der Waals surface area contributed by atoms with Gasteiger partial charge in [0.1, 0.15) is 5.75 Å². The van der Waals surface area contributed by atoms with E-state index in [-0.39, 0.29) is 24.0 Å². The number of anilines is 1. The lowest BCUT2D eigenvalue weighted by Gasteiger charge is -2.36. The van der Waals surface area contributed by atoms with Gasteiger partial charge in [-0.25, -0.2) is 9.97 Å². The highest BCUT2D eigenvalue weighted by Crippen LogP contribution is 2.10. The molecule has 2 aromatic rings. The zero-order valence-corrected chi connectivity index (χ0v) is 18.7. The van der Waals surface area contributed by atoms with Crippen molar-refractivity contribution in [3.8, 4) is 5.75 Å². The molecule has 0 spiro atoms. The lowest BCUT2D eigenvalue weighted by molar-refractivity contribution is 0.306. The maximum atomic E-state index is 5.72. The van der Waals surface area contributed by atoms with Crippen LogP contribution in [0.5, 0.6) is 5.75 Å². The Morgan fingerprint density at radius 2 is 1.75 bits per heavy atom. The summed E-state index contributed by atoms with van der Waals surface area (Å²) in [5.41, 5.74) is 0. The second-order valence-electron chi connectivity index (χ2n) is 6.37. The second kappa shape index (κ2) is 12.4. The summed E-state index contributed by atoms with van der Waals surface area (Å²) in [6, 6.07) is 11.8. The predicted octanol–water partition coefficient (Wildman–Crippen LogP) is 2.65. The van der Waals surface area contributed by atoms with Gasteiger partial charge in [0.15, 0.2) is 5.96 Å². The van der Waals surface area contributed by atoms with Crippen LogP contribution in [0.4, 0.5) is 5.95 Å². The van der Waals surface area contributed by atoms with Gasteiger partial charge in [0.2, 0.25) is 5.95 Å². The van der Waals surface area contributed by atoms with Gasteiger partial charge in [-0.05, 0) is 31.0 Å². The van der Waals surface area contributed by atoms with E-state index in [2.05, 4.69) is 30.1 Å². The molecule has 1 aliphatic rings. The number of nitrogens with zero attached hydrogens (tertiary/aromatic N) is 5. The molecule has 0 atom stereocenters. The van der Waals surface area contributed by atoms with Crippen LogP contribution in [-0.2, 0) is 0 Å². The van der Waals surface area contributed by atoms with E-state index in [1.54, 1.807) is 12.4 Å². The molecule has 7 nitrogen and oxygen atoms in total. The molecule has 1 saturated heterocycles. The van der Waals surface area contributed by atoms with Crippen LogP contribution < -0.4 is 15.0 Å². The highest BCUT2D eigenvalue weighted by atomic mass is 127. The van der Waals surface area contributed by atoms with Crippen molar-refractivity contribution in [3.63, 3.8) is 0 Å². The number of nitrogens with one attached hydrogen (secondary N) is 1. The molecule has 0 unspecified atom stereocenters. The summed E-state index contributed by atoms with van der Waals surface area (Å²) in [4.78, 5) is 17.6. The summed E-state index contributed by atoms with van der Waals surface area (Å²) in [5.74, 6) is 2.70. The van der Waals surface area contributed by atoms with Gasteiger partial charge in [-0.15, -0.1) is 24.0 Å². The zero-order valence-electron chi connectivity index (χ0n) is 16.3. The number of ether oxygens (including phenoxy) is 1. The lowest BCUT2D eigenvalue weighted by Crippen LogP contribution is -2.53. The van der Waals surface area contributed by atoms with Crippen molar-refractivity contribution in [1.29, 1.82) is 0 Å². The molecule has 1 N–H and O–H groups in total. The fourth-order valence-electron chi connectivity index (χ4n) is 3.04. The highest BCUT2D eigenvalue weighted by molar-refractivity contribution is 14.0. The van der Waals surface area contributed by atoms with Crippen molar-refractivity contribution >= 4 is 35.9 Å². The maximum Gasteiger partial charge on any atom is 0.225 e. The summed E-state index contributed by atoms with van der Waals surface area (Å²) >= 11 is 0. The first-order valence-electron chi connectivity index (χ1n) is 9.52. The number of aromatic nitrogens is 2. The molecule has 1 aliphatic heterocycles. The second-order valence-corrected chi connectivity index (χ2v) is 6.37. The Balaban J connectivity index is 0.00000280. The van der Waals surface area contributed by atoms with E-state index in [0.717, 1.165) is 69.8 Å². The van der Waals surface area contributed by atoms with Crippen molar-refractivity contribution in [2.45, 2.75) is 12.8 Å². The minimum absolute atomic E-state index is 0. The molecule has 2 heterocycles. The summed E-state index contributed by atoms with van der Waals surface area (Å²) in [6.07, 6.45) is 5.63. The van der Waals surface area contributed by atoms with Gasteiger partial charge in [0, 0.05) is 52.2 Å². The number of guanidine groups is 1. The molecule has 0 amide bonds. The molecular weight excluding hydrogens is 467 g/mol. The maximum absolute atomic E-state index is 5.72. The van der Waals surface area contributed by atoms with E-state index < -0.39 is 0 Å². The average molecular weight is 496 g/mol. The molecule has 28 heavy (non-hydrogen) atoms. The molecular formula is C20H29IN6O. The Morgan fingerprint density at radius 1 is 1.04 bits per heavy atom. The van der Waals surface area contributed by atoms with E-state index in [1.807, 2.05) is 43.4 Å². The van der Waals surface area contributed by atoms with E-state index in [9.17, 15) is 0 Å². The zero-order chi connectivity index (χ0) is 18.7. The third-order valence-electron chi connectivity index (χ3n) is 4.49. The monoisotopic (exact) mass is 496 g/mol. The first-order chi connectivity index (χ1) is 13.4. The highest BCUT2D eigenvalue weighted by Gasteiger charge is 2.20. The van der Waals surface area contributed by atoms with Crippen molar-refractivity contribution in [2.75, 3.05) is 51.3 Å². The van der Waals surface area contributed by atoms with Crippen LogP contribution in [0, 0.1) is 0 Å². The van der Waals surface area contributed by atoms with E-state index >= 15 is 0 Å². The van der Waals surface area contributed by atoms with E-state index in [0.29, 0.717) is 0 Å². The number of hydrogen-bond donors (Lipinski definition) is 1. The summed E-state index contributed by atoms with van der Waals surface area (Å²) in [7, 11) is 1.84. The third-order valence-corrected chi connectivity index (χ3v) is 4.49. The normalized spacial score (nSPS) is 14.4. The van der Waals surface area contributed by atoms with Gasteiger partial charge in [-0.2, -0.15) is 0 Å². The van der Waals surface area contributed by atoms with E-state index in [1.165, 1.54) is 0 Å². The molecule has 0 bridgehead atoms. The van der Waals surface area contributed by atoms with Crippen LogP contribution in [0.15, 0.2) is 53.8 Å². The van der Waals surface area contributed by atoms with Crippen molar-refractivity contribution in [3.05, 3.63) is 48.8 Å². The molecule has 1 aromatic carbocycles. The average Bonchev–Trinajstić information content (AvgIpc) is 2.75. The van der Waals surface area contributed by atoms with Gasteiger partial charge in [-0.3, -0.25) is 4.99 Å². The number of aliphatic imine (C=N–C) groups is 1. The van der Waals surface area contributed by atoms with Crippen LogP contribution in [-0.4, -0.2) is 67.2 Å². The molecule has 1 aromatic heterocycles. The van der Waals surface area contributed by atoms with Gasteiger partial charge >= 0.3 is 0 Å². The number of benzene rings is 1. The van der Waals surface area contributed by atoms with Crippen LogP contribution in [0.3, 0.4) is 0 Å². The molecule has 8 heteroatoms. The van der Waals surface area contributed by atoms with Gasteiger partial charge in [0.25, 0.3) is 0 Å². The Hall–Kier alpha value is -2.10. The Labute approximate surface area is 184 Å². The molecule has 0 radical (unpaired) electrons. The largest absolute Gasteiger partial charge is 0.494 e. The fourth-order valence-corrected chi connectivity index (χ4v) is 3.04. The van der Waals surface area contributed by atoms with Crippen LogP contribution in [0.2, 0.25) is 0 Å². The van der Waals surface area contributed by atoms with Crippen LogP contribution in [0.25, 0.3) is 0 Å². The molecule has 0 aliphatic carbocycles. The summed E-state index contributed by atoms with van der Waals surface area (Å²) in [6.45, 7) is 5.25. The van der Waals surface area contributed by atoms with Crippen LogP contribution in [0.1, 0.15) is 12.8 Å². The number of para-hydroxylation sites is 1. The minimum atomic E-state index is 0. The Kier molecular flexibility index (Phi) is 9.81. The quantitative estimate of drug-likeness (QED) is 0.275. The predicted molar refractivity (Wildman–Crippen MR) is 124 cm³/mol. The number of halogens is 1. The first kappa shape index (κ1) is 22.2. The third kappa shape index (κ3) is 6.81. The van der Waals surface area contributed by atoms with Crippen molar-refractivity contribution in [2.24, 2.45) is 4.99 Å². The number of unbranched alkanes of at least 4 members (excludes halogenated alkanes) is 1. The van der Waals surface area contributed by atoms with Gasteiger partial charge in [-0.1, -0.05) is 18.2 Å². The minimum Gasteiger partial charge on any atom is -0.494 e. The Bertz CT molecular complexity index is 692. The number of rotatable bonds is 7. The fraction of sp³-hybridized carbons (Fsp3) is 0.450. The lowest BCUT2D eigenvalue weighted by atomic mass is 10.3. The molecule has 0 saturated carbocycles. The topological polar surface area (TPSA) is 65.9 Å². The summed E-state index contributed by atoms with van der Waals surface area (Å²) < 4.78 is 5.72. The first-order valence-corrected chi connectivity index (χ1v) is 9.52. The molecule has 152 valence electrons. The van der Waals surface area contributed by atoms with Gasteiger partial charge < -0.3 is 19.9 Å². The van der Waals surface area contributed by atoms with Gasteiger partial charge in [0.05, 0.1) is 6.61 Å². The number of hydrogen-bond acceptors (Lipinski definition) is 5. The van der Waals surface area contributed by atoms with Crippen molar-refractivity contribution in [1.82, 2.24) is 20.2 Å². The smallest absolute Gasteiger partial charge is 0.225 e. The summed E-state index contributed by atoms with van der Waals surface area (Å²) in [5, 5.41) is 3.46.